The van der Waals surface area contributed by atoms with Crippen molar-refractivity contribution in [3.63, 3.8) is 0 Å². The van der Waals surface area contributed by atoms with E-state index in [0.717, 1.165) is 33.9 Å². The van der Waals surface area contributed by atoms with E-state index in [1.54, 1.807) is 5.56 Å². The lowest BCUT2D eigenvalue weighted by Gasteiger charge is -2.63. The van der Waals surface area contributed by atoms with Crippen LogP contribution in [0.1, 0.15) is 49.7 Å². The second-order valence-corrected chi connectivity index (χ2v) is 16.3. The van der Waals surface area contributed by atoms with Crippen LogP contribution in [-0.2, 0) is 10.8 Å². The summed E-state index contributed by atoms with van der Waals surface area (Å²) in [5, 5.41) is 2.34. The maximum absolute atomic E-state index is 5.06. The third-order valence-corrected chi connectivity index (χ3v) is 12.7. The number of benzene rings is 6. The molecule has 4 fully saturated rings. The maximum Gasteiger partial charge on any atom is 0.164 e. The number of rotatable bonds is 6. The minimum Gasteiger partial charge on any atom is -0.208 e. The molecule has 0 aliphatic heterocycles. The van der Waals surface area contributed by atoms with Crippen LogP contribution in [0.2, 0.25) is 0 Å². The molecule has 4 bridgehead atoms. The van der Waals surface area contributed by atoms with Gasteiger partial charge in [-0.05, 0) is 112 Å². The number of halogens is 1. The Morgan fingerprint density at radius 3 is 1.43 bits per heavy atom. The van der Waals surface area contributed by atoms with E-state index in [1.165, 1.54) is 65.1 Å². The van der Waals surface area contributed by atoms with Gasteiger partial charge in [0.2, 0.25) is 0 Å². The zero-order valence-corrected chi connectivity index (χ0v) is 30.1. The van der Waals surface area contributed by atoms with Crippen LogP contribution < -0.4 is 0 Å². The summed E-state index contributed by atoms with van der Waals surface area (Å²) in [4.78, 5) is 15.0. The van der Waals surface area contributed by atoms with Crippen molar-refractivity contribution in [2.24, 2.45) is 11.8 Å². The van der Waals surface area contributed by atoms with Gasteiger partial charge >= 0.3 is 0 Å². The van der Waals surface area contributed by atoms with Crippen molar-refractivity contribution in [2.45, 2.75) is 49.4 Å². The summed E-state index contributed by atoms with van der Waals surface area (Å²) in [6, 6.07) is 52.5. The van der Waals surface area contributed by atoms with Crippen molar-refractivity contribution in [1.82, 2.24) is 15.0 Å². The molecular weight excluding hydrogens is 686 g/mol. The fourth-order valence-corrected chi connectivity index (χ4v) is 10.7. The second-order valence-electron chi connectivity index (χ2n) is 15.4. The average molecular weight is 725 g/mol. The standard InChI is InChI=1S/C47H38BrN3/c48-38-21-19-37(20-22-38)47-28-31-25-32(29-47)27-46(26-31,30-47)36-17-15-33(16-18-36)39-23-24-42(41-14-8-7-13-40(39)41)45-50-43(34-9-3-1-4-10-34)49-44(51-45)35-11-5-2-6-12-35/h1-24,31-32H,25-30H2. The zero-order chi connectivity index (χ0) is 34.0. The maximum atomic E-state index is 5.06. The summed E-state index contributed by atoms with van der Waals surface area (Å²) in [7, 11) is 0. The van der Waals surface area contributed by atoms with Gasteiger partial charge in [0.15, 0.2) is 17.5 Å². The molecular formula is C47H38BrN3. The molecule has 6 aromatic carbocycles. The fraction of sp³-hybridized carbons (Fsp3) is 0.213. The average Bonchev–Trinajstić information content (AvgIpc) is 3.18. The topological polar surface area (TPSA) is 38.7 Å². The lowest BCUT2D eigenvalue weighted by atomic mass is 9.42. The number of nitrogens with zero attached hydrogens (tertiary/aromatic N) is 3. The molecule has 2 unspecified atom stereocenters. The van der Waals surface area contributed by atoms with Crippen LogP contribution in [0.4, 0.5) is 0 Å². The number of aromatic nitrogens is 3. The van der Waals surface area contributed by atoms with Crippen molar-refractivity contribution < 1.29 is 0 Å². The molecule has 0 saturated heterocycles. The molecule has 0 spiro atoms. The van der Waals surface area contributed by atoms with E-state index in [9.17, 15) is 0 Å². The summed E-state index contributed by atoms with van der Waals surface area (Å²) in [6.45, 7) is 0. The largest absolute Gasteiger partial charge is 0.208 e. The molecule has 248 valence electrons. The van der Waals surface area contributed by atoms with Gasteiger partial charge < -0.3 is 0 Å². The smallest absolute Gasteiger partial charge is 0.164 e. The molecule has 4 aliphatic carbocycles. The Hall–Kier alpha value is -4.93. The Bertz CT molecular complexity index is 2310. The van der Waals surface area contributed by atoms with Gasteiger partial charge in [0.05, 0.1) is 0 Å². The predicted octanol–water partition coefficient (Wildman–Crippen LogP) is 12.2. The normalized spacial score (nSPS) is 23.5. The summed E-state index contributed by atoms with van der Waals surface area (Å²) < 4.78 is 1.17. The van der Waals surface area contributed by atoms with Crippen molar-refractivity contribution in [3.05, 3.63) is 161 Å². The predicted molar refractivity (Wildman–Crippen MR) is 211 cm³/mol. The highest BCUT2D eigenvalue weighted by molar-refractivity contribution is 9.10. The Labute approximate surface area is 308 Å². The van der Waals surface area contributed by atoms with E-state index < -0.39 is 0 Å². The Morgan fingerprint density at radius 1 is 0.431 bits per heavy atom. The minimum atomic E-state index is 0.271. The summed E-state index contributed by atoms with van der Waals surface area (Å²) >= 11 is 3.67. The number of hydrogen-bond acceptors (Lipinski definition) is 3. The minimum absolute atomic E-state index is 0.271. The Balaban J connectivity index is 1.03. The highest BCUT2D eigenvalue weighted by atomic mass is 79.9. The van der Waals surface area contributed by atoms with Gasteiger partial charge in [-0.15, -0.1) is 0 Å². The third-order valence-electron chi connectivity index (χ3n) is 12.2. The van der Waals surface area contributed by atoms with Gasteiger partial charge in [-0.1, -0.05) is 143 Å². The van der Waals surface area contributed by atoms with Gasteiger partial charge in [-0.25, -0.2) is 15.0 Å². The Morgan fingerprint density at radius 2 is 0.882 bits per heavy atom. The van der Waals surface area contributed by atoms with Gasteiger partial charge in [-0.3, -0.25) is 0 Å². The first-order chi connectivity index (χ1) is 25.0. The molecule has 4 heteroatoms. The van der Waals surface area contributed by atoms with Gasteiger partial charge in [0.1, 0.15) is 0 Å². The van der Waals surface area contributed by atoms with Gasteiger partial charge in [-0.2, -0.15) is 0 Å². The van der Waals surface area contributed by atoms with Crippen LogP contribution in [0.5, 0.6) is 0 Å². The molecule has 4 saturated carbocycles. The van der Waals surface area contributed by atoms with E-state index in [-0.39, 0.29) is 5.41 Å². The van der Waals surface area contributed by atoms with Crippen LogP contribution in [-0.4, -0.2) is 15.0 Å². The van der Waals surface area contributed by atoms with E-state index in [0.29, 0.717) is 22.9 Å². The number of hydrogen-bond donors (Lipinski definition) is 0. The van der Waals surface area contributed by atoms with E-state index in [1.807, 2.05) is 36.4 Å². The first-order valence-electron chi connectivity index (χ1n) is 18.3. The van der Waals surface area contributed by atoms with Crippen molar-refractivity contribution in [1.29, 1.82) is 0 Å². The lowest BCUT2D eigenvalue weighted by molar-refractivity contribution is -0.0281. The third kappa shape index (κ3) is 5.34. The highest BCUT2D eigenvalue weighted by Crippen LogP contribution is 2.66. The first kappa shape index (κ1) is 30.9. The number of fused-ring (bicyclic) bond motifs is 1. The molecule has 0 N–H and O–H groups in total. The molecule has 11 rings (SSSR count). The van der Waals surface area contributed by atoms with Crippen molar-refractivity contribution >= 4 is 26.7 Å². The van der Waals surface area contributed by atoms with Gasteiger partial charge in [0.25, 0.3) is 0 Å². The summed E-state index contributed by atoms with van der Waals surface area (Å²) in [5.74, 6) is 3.68. The van der Waals surface area contributed by atoms with Crippen LogP contribution in [0.25, 0.3) is 56.1 Å². The van der Waals surface area contributed by atoms with Crippen molar-refractivity contribution in [2.75, 3.05) is 0 Å². The SMILES string of the molecule is Brc1ccc(C23CC4CC(C2)CC(c2ccc(-c5ccc(-c6nc(-c7ccccc7)nc(-c7ccccc7)n6)c6ccccc56)cc2)(C4)C3)cc1. The fourth-order valence-electron chi connectivity index (χ4n) is 10.4. The molecule has 4 aliphatic rings. The first-order valence-corrected chi connectivity index (χ1v) is 19.1. The lowest BCUT2D eigenvalue weighted by Crippen LogP contribution is -2.55. The second kappa shape index (κ2) is 12.1. The monoisotopic (exact) mass is 723 g/mol. The molecule has 0 amide bonds. The molecule has 7 aromatic rings. The molecule has 1 aromatic heterocycles. The van der Waals surface area contributed by atoms with Crippen molar-refractivity contribution in [3.8, 4) is 45.3 Å². The molecule has 2 atom stereocenters. The van der Waals surface area contributed by atoms with Gasteiger partial charge in [0, 0.05) is 21.2 Å². The highest BCUT2D eigenvalue weighted by Gasteiger charge is 2.58. The van der Waals surface area contributed by atoms with Crippen LogP contribution in [0.15, 0.2) is 150 Å². The van der Waals surface area contributed by atoms with Crippen LogP contribution >= 0.6 is 15.9 Å². The molecule has 0 radical (unpaired) electrons. The molecule has 51 heavy (non-hydrogen) atoms. The van der Waals surface area contributed by atoms with Crippen LogP contribution in [0, 0.1) is 11.8 Å². The molecule has 3 nitrogen and oxygen atoms in total. The van der Waals surface area contributed by atoms with E-state index in [2.05, 4.69) is 125 Å². The zero-order valence-electron chi connectivity index (χ0n) is 28.5. The summed E-state index contributed by atoms with van der Waals surface area (Å²) in [6.07, 6.45) is 8.06. The van der Waals surface area contributed by atoms with E-state index >= 15 is 0 Å². The van der Waals surface area contributed by atoms with E-state index in [4.69, 9.17) is 15.0 Å². The summed E-state index contributed by atoms with van der Waals surface area (Å²) in [5.41, 5.74) is 9.11. The Kier molecular flexibility index (Phi) is 7.32. The van der Waals surface area contributed by atoms with Crippen LogP contribution in [0.3, 0.4) is 0 Å². The molecule has 1 heterocycles. The quantitative estimate of drug-likeness (QED) is 0.171.